The van der Waals surface area contributed by atoms with Crippen LogP contribution in [0.4, 0.5) is 0 Å². The molecule has 0 amide bonds. The van der Waals surface area contributed by atoms with E-state index in [1.165, 1.54) is 32.1 Å². The Morgan fingerprint density at radius 2 is 2.00 bits per heavy atom. The molecule has 5 atom stereocenters. The predicted octanol–water partition coefficient (Wildman–Crippen LogP) is 3.60. The van der Waals surface area contributed by atoms with Gasteiger partial charge in [0, 0.05) is 18.7 Å². The minimum Gasteiger partial charge on any atom is -0.378 e. The van der Waals surface area contributed by atoms with Gasteiger partial charge in [-0.05, 0) is 43.4 Å². The van der Waals surface area contributed by atoms with E-state index in [0.717, 1.165) is 24.5 Å². The maximum absolute atomic E-state index is 5.86. The van der Waals surface area contributed by atoms with Gasteiger partial charge in [-0.2, -0.15) is 0 Å². The van der Waals surface area contributed by atoms with Gasteiger partial charge >= 0.3 is 0 Å². The molecule has 2 aliphatic rings. The van der Waals surface area contributed by atoms with Gasteiger partial charge in [0.1, 0.15) is 0 Å². The molecule has 2 rings (SSSR count). The minimum absolute atomic E-state index is 0.468. The lowest BCUT2D eigenvalue weighted by Crippen LogP contribution is -2.46. The molecule has 0 aromatic carbocycles. The van der Waals surface area contributed by atoms with Crippen LogP contribution in [0.25, 0.3) is 0 Å². The number of rotatable bonds is 4. The second-order valence-electron chi connectivity index (χ2n) is 6.75. The summed E-state index contributed by atoms with van der Waals surface area (Å²) in [6, 6.07) is 1.44. The SMILES string of the molecule is CCC1CCC(NC2CCOC(C(C)C)C2)C1C. The highest BCUT2D eigenvalue weighted by Crippen LogP contribution is 2.34. The van der Waals surface area contributed by atoms with E-state index >= 15 is 0 Å². The highest BCUT2D eigenvalue weighted by molar-refractivity contribution is 4.90. The van der Waals surface area contributed by atoms with Gasteiger partial charge in [-0.25, -0.2) is 0 Å². The van der Waals surface area contributed by atoms with E-state index in [1.54, 1.807) is 0 Å². The van der Waals surface area contributed by atoms with Crippen molar-refractivity contribution in [3.8, 4) is 0 Å². The molecule has 0 bridgehead atoms. The molecule has 18 heavy (non-hydrogen) atoms. The van der Waals surface area contributed by atoms with Crippen LogP contribution in [0, 0.1) is 17.8 Å². The molecule has 1 aliphatic carbocycles. The van der Waals surface area contributed by atoms with Crippen molar-refractivity contribution >= 4 is 0 Å². The van der Waals surface area contributed by atoms with Crippen molar-refractivity contribution < 1.29 is 4.74 Å². The third-order valence-electron chi connectivity index (χ3n) is 5.26. The molecule has 1 saturated heterocycles. The average Bonchev–Trinajstić information content (AvgIpc) is 2.71. The molecule has 106 valence electrons. The zero-order valence-corrected chi connectivity index (χ0v) is 12.6. The van der Waals surface area contributed by atoms with Crippen molar-refractivity contribution in [1.82, 2.24) is 5.32 Å². The summed E-state index contributed by atoms with van der Waals surface area (Å²) in [7, 11) is 0. The number of nitrogens with one attached hydrogen (secondary N) is 1. The van der Waals surface area contributed by atoms with Gasteiger partial charge in [0.25, 0.3) is 0 Å². The molecule has 2 nitrogen and oxygen atoms in total. The first-order chi connectivity index (χ1) is 8.61. The van der Waals surface area contributed by atoms with Gasteiger partial charge in [-0.1, -0.05) is 34.1 Å². The number of ether oxygens (including phenoxy) is 1. The Balaban J connectivity index is 1.82. The van der Waals surface area contributed by atoms with Crippen LogP contribution in [0.2, 0.25) is 0 Å². The summed E-state index contributed by atoms with van der Waals surface area (Å²) in [6.45, 7) is 10.3. The molecule has 0 aromatic heterocycles. The lowest BCUT2D eigenvalue weighted by atomic mass is 9.91. The third kappa shape index (κ3) is 3.27. The van der Waals surface area contributed by atoms with E-state index in [4.69, 9.17) is 4.74 Å². The van der Waals surface area contributed by atoms with Gasteiger partial charge in [0.15, 0.2) is 0 Å². The van der Waals surface area contributed by atoms with E-state index in [1.807, 2.05) is 0 Å². The second kappa shape index (κ2) is 6.38. The Hall–Kier alpha value is -0.0800. The number of hydrogen-bond acceptors (Lipinski definition) is 2. The van der Waals surface area contributed by atoms with Crippen LogP contribution in [0.1, 0.15) is 59.8 Å². The van der Waals surface area contributed by atoms with Crippen LogP contribution in [0.15, 0.2) is 0 Å². The molecule has 2 fully saturated rings. The number of hydrogen-bond donors (Lipinski definition) is 1. The summed E-state index contributed by atoms with van der Waals surface area (Å²) in [5.41, 5.74) is 0. The highest BCUT2D eigenvalue weighted by Gasteiger charge is 2.34. The van der Waals surface area contributed by atoms with Crippen LogP contribution in [-0.2, 0) is 4.74 Å². The molecule has 0 spiro atoms. The summed E-state index contributed by atoms with van der Waals surface area (Å²) in [5.74, 6) is 2.46. The van der Waals surface area contributed by atoms with Crippen molar-refractivity contribution in [2.45, 2.75) is 78.0 Å². The standard InChI is InChI=1S/C16H31NO/c1-5-13-6-7-15(12(13)4)17-14-8-9-18-16(10-14)11(2)3/h11-17H,5-10H2,1-4H3. The van der Waals surface area contributed by atoms with Crippen LogP contribution in [0.3, 0.4) is 0 Å². The fourth-order valence-electron chi connectivity index (χ4n) is 3.81. The van der Waals surface area contributed by atoms with E-state index < -0.39 is 0 Å². The summed E-state index contributed by atoms with van der Waals surface area (Å²) >= 11 is 0. The lowest BCUT2D eigenvalue weighted by Gasteiger charge is -2.35. The fraction of sp³-hybridized carbons (Fsp3) is 1.00. The molecular formula is C16H31NO. The normalized spacial score (nSPS) is 41.5. The van der Waals surface area contributed by atoms with Crippen molar-refractivity contribution in [2.75, 3.05) is 6.61 Å². The van der Waals surface area contributed by atoms with Gasteiger partial charge < -0.3 is 10.1 Å². The maximum Gasteiger partial charge on any atom is 0.0612 e. The van der Waals surface area contributed by atoms with E-state index in [9.17, 15) is 0 Å². The van der Waals surface area contributed by atoms with Crippen LogP contribution < -0.4 is 5.32 Å². The Labute approximate surface area is 113 Å². The molecule has 1 saturated carbocycles. The summed E-state index contributed by atoms with van der Waals surface area (Å²) < 4.78 is 5.86. The zero-order valence-electron chi connectivity index (χ0n) is 12.6. The van der Waals surface area contributed by atoms with Crippen LogP contribution >= 0.6 is 0 Å². The van der Waals surface area contributed by atoms with Crippen molar-refractivity contribution in [3.05, 3.63) is 0 Å². The predicted molar refractivity (Wildman–Crippen MR) is 76.7 cm³/mol. The first kappa shape index (κ1) is 14.3. The largest absolute Gasteiger partial charge is 0.378 e. The maximum atomic E-state index is 5.86. The first-order valence-corrected chi connectivity index (χ1v) is 7.99. The van der Waals surface area contributed by atoms with Crippen molar-refractivity contribution in [3.63, 3.8) is 0 Å². The summed E-state index contributed by atoms with van der Waals surface area (Å²) in [6.07, 6.45) is 7.02. The highest BCUT2D eigenvalue weighted by atomic mass is 16.5. The summed E-state index contributed by atoms with van der Waals surface area (Å²) in [5, 5.41) is 3.94. The molecule has 0 radical (unpaired) electrons. The molecule has 5 unspecified atom stereocenters. The molecule has 1 N–H and O–H groups in total. The lowest BCUT2D eigenvalue weighted by molar-refractivity contribution is -0.0266. The average molecular weight is 253 g/mol. The van der Waals surface area contributed by atoms with Gasteiger partial charge in [-0.3, -0.25) is 0 Å². The van der Waals surface area contributed by atoms with Crippen LogP contribution in [-0.4, -0.2) is 24.8 Å². The minimum atomic E-state index is 0.468. The Morgan fingerprint density at radius 3 is 2.61 bits per heavy atom. The van der Waals surface area contributed by atoms with E-state index in [2.05, 4.69) is 33.0 Å². The van der Waals surface area contributed by atoms with Crippen molar-refractivity contribution in [1.29, 1.82) is 0 Å². The fourth-order valence-corrected chi connectivity index (χ4v) is 3.81. The molecular weight excluding hydrogens is 222 g/mol. The summed E-state index contributed by atoms with van der Waals surface area (Å²) in [4.78, 5) is 0. The van der Waals surface area contributed by atoms with Crippen molar-refractivity contribution in [2.24, 2.45) is 17.8 Å². The molecule has 1 heterocycles. The van der Waals surface area contributed by atoms with E-state index in [0.29, 0.717) is 18.1 Å². The smallest absolute Gasteiger partial charge is 0.0612 e. The third-order valence-corrected chi connectivity index (χ3v) is 5.26. The topological polar surface area (TPSA) is 21.3 Å². The van der Waals surface area contributed by atoms with Gasteiger partial charge in [0.05, 0.1) is 6.10 Å². The molecule has 2 heteroatoms. The monoisotopic (exact) mass is 253 g/mol. The Morgan fingerprint density at radius 1 is 1.22 bits per heavy atom. The Kier molecular flexibility index (Phi) is 5.08. The quantitative estimate of drug-likeness (QED) is 0.826. The Bertz CT molecular complexity index is 253. The van der Waals surface area contributed by atoms with Crippen LogP contribution in [0.5, 0.6) is 0 Å². The second-order valence-corrected chi connectivity index (χ2v) is 6.75. The molecule has 1 aliphatic heterocycles. The zero-order chi connectivity index (χ0) is 13.1. The van der Waals surface area contributed by atoms with Gasteiger partial charge in [0.2, 0.25) is 0 Å². The molecule has 0 aromatic rings. The first-order valence-electron chi connectivity index (χ1n) is 7.99. The van der Waals surface area contributed by atoms with E-state index in [-0.39, 0.29) is 0 Å². The van der Waals surface area contributed by atoms with Gasteiger partial charge in [-0.15, -0.1) is 0 Å².